The van der Waals surface area contributed by atoms with Gasteiger partial charge in [-0.2, -0.15) is 0 Å². The van der Waals surface area contributed by atoms with E-state index in [9.17, 15) is 5.11 Å². The lowest BCUT2D eigenvalue weighted by Crippen LogP contribution is -2.27. The second-order valence-corrected chi connectivity index (χ2v) is 6.64. The number of nitrogens with one attached hydrogen (secondary N) is 1. The zero-order chi connectivity index (χ0) is 14.2. The standard InChI is InChI=1S/C14H17Br2NO2/c1-7(2)17-6-12(18)13-4-9-8(3)10(15)5-11(16)14(9)19-13/h4-5,7,12,17-18H,6H2,1-3H3. The maximum Gasteiger partial charge on any atom is 0.148 e. The Hall–Kier alpha value is -0.360. The van der Waals surface area contributed by atoms with Crippen molar-refractivity contribution < 1.29 is 9.52 Å². The van der Waals surface area contributed by atoms with Gasteiger partial charge in [-0.25, -0.2) is 0 Å². The first kappa shape index (κ1) is 15.0. The molecular weight excluding hydrogens is 374 g/mol. The number of aliphatic hydroxyl groups is 1. The van der Waals surface area contributed by atoms with E-state index in [2.05, 4.69) is 37.2 Å². The van der Waals surface area contributed by atoms with Crippen molar-refractivity contribution in [3.63, 3.8) is 0 Å². The van der Waals surface area contributed by atoms with Crippen LogP contribution in [0.1, 0.15) is 31.3 Å². The lowest BCUT2D eigenvalue weighted by Gasteiger charge is -2.11. The molecule has 1 atom stereocenters. The minimum Gasteiger partial charge on any atom is -0.457 e. The fraction of sp³-hybridized carbons (Fsp3) is 0.429. The molecule has 0 radical (unpaired) electrons. The van der Waals surface area contributed by atoms with Crippen LogP contribution in [0.4, 0.5) is 0 Å². The van der Waals surface area contributed by atoms with E-state index in [0.29, 0.717) is 18.3 Å². The van der Waals surface area contributed by atoms with Crippen molar-refractivity contribution in [2.75, 3.05) is 6.54 Å². The number of rotatable bonds is 4. The Morgan fingerprint density at radius 1 is 1.26 bits per heavy atom. The smallest absolute Gasteiger partial charge is 0.148 e. The molecule has 0 saturated carbocycles. The van der Waals surface area contributed by atoms with Gasteiger partial charge in [0.2, 0.25) is 0 Å². The van der Waals surface area contributed by atoms with Gasteiger partial charge < -0.3 is 14.8 Å². The molecule has 1 aromatic carbocycles. The topological polar surface area (TPSA) is 45.4 Å². The molecule has 2 aromatic rings. The molecule has 0 saturated heterocycles. The fourth-order valence-corrected chi connectivity index (χ4v) is 3.17. The number of fused-ring (bicyclic) bond motifs is 1. The highest BCUT2D eigenvalue weighted by molar-refractivity contribution is 9.11. The molecule has 0 spiro atoms. The number of hydrogen-bond acceptors (Lipinski definition) is 3. The van der Waals surface area contributed by atoms with Crippen LogP contribution < -0.4 is 5.32 Å². The van der Waals surface area contributed by atoms with Gasteiger partial charge in [0.1, 0.15) is 17.4 Å². The third-order valence-electron chi connectivity index (χ3n) is 3.03. The summed E-state index contributed by atoms with van der Waals surface area (Å²) in [7, 11) is 0. The molecule has 0 aliphatic rings. The largest absolute Gasteiger partial charge is 0.457 e. The average Bonchev–Trinajstić information content (AvgIpc) is 2.78. The van der Waals surface area contributed by atoms with Crippen LogP contribution >= 0.6 is 31.9 Å². The van der Waals surface area contributed by atoms with Crippen molar-refractivity contribution in [1.82, 2.24) is 5.32 Å². The maximum atomic E-state index is 10.1. The van der Waals surface area contributed by atoms with Crippen LogP contribution in [-0.2, 0) is 0 Å². The number of aryl methyl sites for hydroxylation is 1. The van der Waals surface area contributed by atoms with E-state index in [4.69, 9.17) is 4.42 Å². The van der Waals surface area contributed by atoms with E-state index in [0.717, 1.165) is 25.5 Å². The van der Waals surface area contributed by atoms with Crippen LogP contribution in [0.2, 0.25) is 0 Å². The summed E-state index contributed by atoms with van der Waals surface area (Å²) < 4.78 is 7.68. The van der Waals surface area contributed by atoms with Crippen LogP contribution in [0, 0.1) is 6.92 Å². The molecule has 3 nitrogen and oxygen atoms in total. The Morgan fingerprint density at radius 3 is 2.58 bits per heavy atom. The summed E-state index contributed by atoms with van der Waals surface area (Å²) >= 11 is 7.00. The summed E-state index contributed by atoms with van der Waals surface area (Å²) in [5.41, 5.74) is 1.89. The number of halogens is 2. The predicted molar refractivity (Wildman–Crippen MR) is 84.4 cm³/mol. The molecular formula is C14H17Br2NO2. The van der Waals surface area contributed by atoms with Crippen molar-refractivity contribution >= 4 is 42.8 Å². The van der Waals surface area contributed by atoms with Gasteiger partial charge in [0, 0.05) is 22.4 Å². The van der Waals surface area contributed by atoms with E-state index in [1.807, 2.05) is 32.9 Å². The first-order valence-electron chi connectivity index (χ1n) is 6.19. The fourth-order valence-electron chi connectivity index (χ4n) is 1.89. The summed E-state index contributed by atoms with van der Waals surface area (Å²) in [5.74, 6) is 0.588. The Morgan fingerprint density at radius 2 is 1.95 bits per heavy atom. The average molecular weight is 391 g/mol. The van der Waals surface area contributed by atoms with Crippen LogP contribution in [0.3, 0.4) is 0 Å². The lowest BCUT2D eigenvalue weighted by atomic mass is 10.1. The van der Waals surface area contributed by atoms with Gasteiger partial charge in [-0.05, 0) is 40.5 Å². The third kappa shape index (κ3) is 3.21. The molecule has 0 aliphatic carbocycles. The molecule has 0 bridgehead atoms. The van der Waals surface area contributed by atoms with Crippen LogP contribution in [0.15, 0.2) is 25.5 Å². The Balaban J connectivity index is 2.36. The highest BCUT2D eigenvalue weighted by atomic mass is 79.9. The molecule has 5 heteroatoms. The van der Waals surface area contributed by atoms with Gasteiger partial charge in [0.15, 0.2) is 0 Å². The summed E-state index contributed by atoms with van der Waals surface area (Å²) in [6.07, 6.45) is -0.639. The molecule has 1 aromatic heterocycles. The molecule has 0 amide bonds. The number of aliphatic hydroxyl groups excluding tert-OH is 1. The molecule has 0 fully saturated rings. The minimum atomic E-state index is -0.639. The summed E-state index contributed by atoms with van der Waals surface area (Å²) in [4.78, 5) is 0. The lowest BCUT2D eigenvalue weighted by molar-refractivity contribution is 0.147. The number of hydrogen-bond donors (Lipinski definition) is 2. The summed E-state index contributed by atoms with van der Waals surface area (Å²) in [6.45, 7) is 6.60. The van der Waals surface area contributed by atoms with Crippen molar-refractivity contribution in [2.24, 2.45) is 0 Å². The van der Waals surface area contributed by atoms with E-state index in [1.54, 1.807) is 0 Å². The van der Waals surface area contributed by atoms with Crippen molar-refractivity contribution in [3.8, 4) is 0 Å². The van der Waals surface area contributed by atoms with Gasteiger partial charge in [0.25, 0.3) is 0 Å². The highest BCUT2D eigenvalue weighted by Crippen LogP contribution is 2.35. The van der Waals surface area contributed by atoms with Crippen molar-refractivity contribution in [2.45, 2.75) is 32.9 Å². The normalized spacial score (nSPS) is 13.4. The zero-order valence-corrected chi connectivity index (χ0v) is 14.3. The monoisotopic (exact) mass is 389 g/mol. The van der Waals surface area contributed by atoms with E-state index >= 15 is 0 Å². The molecule has 104 valence electrons. The molecule has 2 N–H and O–H groups in total. The van der Waals surface area contributed by atoms with Crippen molar-refractivity contribution in [1.29, 1.82) is 0 Å². The van der Waals surface area contributed by atoms with E-state index in [1.165, 1.54) is 0 Å². The van der Waals surface area contributed by atoms with E-state index < -0.39 is 6.10 Å². The molecule has 1 heterocycles. The van der Waals surface area contributed by atoms with E-state index in [-0.39, 0.29) is 0 Å². The third-order valence-corrected chi connectivity index (χ3v) is 4.44. The second kappa shape index (κ2) is 5.95. The Kier molecular flexibility index (Phi) is 4.71. The zero-order valence-electron chi connectivity index (χ0n) is 11.1. The van der Waals surface area contributed by atoms with Crippen LogP contribution in [-0.4, -0.2) is 17.7 Å². The summed E-state index contributed by atoms with van der Waals surface area (Å²) in [6, 6.07) is 4.21. The number of benzene rings is 1. The molecule has 19 heavy (non-hydrogen) atoms. The van der Waals surface area contributed by atoms with Gasteiger partial charge in [-0.15, -0.1) is 0 Å². The highest BCUT2D eigenvalue weighted by Gasteiger charge is 2.17. The van der Waals surface area contributed by atoms with Gasteiger partial charge in [-0.3, -0.25) is 0 Å². The molecule has 1 unspecified atom stereocenters. The Labute approximate surface area is 129 Å². The van der Waals surface area contributed by atoms with Gasteiger partial charge >= 0.3 is 0 Å². The van der Waals surface area contributed by atoms with Crippen LogP contribution in [0.25, 0.3) is 11.0 Å². The van der Waals surface area contributed by atoms with Crippen molar-refractivity contribution in [3.05, 3.63) is 32.4 Å². The maximum absolute atomic E-state index is 10.1. The second-order valence-electron chi connectivity index (χ2n) is 4.94. The summed E-state index contributed by atoms with van der Waals surface area (Å²) in [5, 5.41) is 14.3. The first-order valence-corrected chi connectivity index (χ1v) is 7.78. The minimum absolute atomic E-state index is 0.335. The first-order chi connectivity index (χ1) is 8.90. The van der Waals surface area contributed by atoms with Gasteiger partial charge in [0.05, 0.1) is 4.47 Å². The predicted octanol–water partition coefficient (Wildman–Crippen LogP) is 4.30. The number of furan rings is 1. The quantitative estimate of drug-likeness (QED) is 0.817. The molecule has 2 rings (SSSR count). The SMILES string of the molecule is Cc1c(Br)cc(Br)c2oc(C(O)CNC(C)C)cc12. The van der Waals surface area contributed by atoms with Gasteiger partial charge in [-0.1, -0.05) is 29.8 Å². The molecule has 0 aliphatic heterocycles. The Bertz CT molecular complexity index is 593. The van der Waals surface area contributed by atoms with Crippen LogP contribution in [0.5, 0.6) is 0 Å².